The lowest BCUT2D eigenvalue weighted by molar-refractivity contribution is -0.136. The van der Waals surface area contributed by atoms with E-state index in [4.69, 9.17) is 12.2 Å². The average Bonchev–Trinajstić information content (AvgIpc) is 2.49. The molecule has 0 bridgehead atoms. The standard InChI is InChI=1S/C15H11BrF3N3S/c16-12-7-3-1-5-10(12)9-20-22-14(23)21-13-8-4-2-6-11(13)15(17,18)19/h1-9H,(H2,21,22,23)/b20-9+. The highest BCUT2D eigenvalue weighted by molar-refractivity contribution is 9.10. The molecule has 2 N–H and O–H groups in total. The van der Waals surface area contributed by atoms with Gasteiger partial charge in [-0.05, 0) is 30.4 Å². The van der Waals surface area contributed by atoms with E-state index in [9.17, 15) is 13.2 Å². The SMILES string of the molecule is FC(F)(F)c1ccccc1NC(=S)N/N=C/c1ccccc1Br. The summed E-state index contributed by atoms with van der Waals surface area (Å²) in [5.74, 6) is 0. The van der Waals surface area contributed by atoms with Crippen molar-refractivity contribution in [2.45, 2.75) is 6.18 Å². The fourth-order valence-corrected chi connectivity index (χ4v) is 2.28. The lowest BCUT2D eigenvalue weighted by Gasteiger charge is -2.14. The van der Waals surface area contributed by atoms with Gasteiger partial charge < -0.3 is 5.32 Å². The topological polar surface area (TPSA) is 36.4 Å². The van der Waals surface area contributed by atoms with Crippen LogP contribution in [0.25, 0.3) is 0 Å². The second-order valence-corrected chi connectivity index (χ2v) is 5.65. The van der Waals surface area contributed by atoms with Crippen molar-refractivity contribution >= 4 is 45.2 Å². The summed E-state index contributed by atoms with van der Waals surface area (Å²) in [7, 11) is 0. The normalized spacial score (nSPS) is 11.5. The highest BCUT2D eigenvalue weighted by atomic mass is 79.9. The van der Waals surface area contributed by atoms with E-state index in [1.165, 1.54) is 24.4 Å². The van der Waals surface area contributed by atoms with Crippen LogP contribution >= 0.6 is 28.1 Å². The van der Waals surface area contributed by atoms with E-state index >= 15 is 0 Å². The van der Waals surface area contributed by atoms with Gasteiger partial charge in [-0.2, -0.15) is 18.3 Å². The number of anilines is 1. The molecule has 0 amide bonds. The Bertz CT molecular complexity index is 732. The Kier molecular flexibility index (Phi) is 5.73. The van der Waals surface area contributed by atoms with Gasteiger partial charge in [0.05, 0.1) is 17.5 Å². The second-order valence-electron chi connectivity index (χ2n) is 4.39. The number of thiocarbonyl (C=S) groups is 1. The van der Waals surface area contributed by atoms with Gasteiger partial charge >= 0.3 is 6.18 Å². The Hall–Kier alpha value is -1.93. The Labute approximate surface area is 144 Å². The number of alkyl halides is 3. The summed E-state index contributed by atoms with van der Waals surface area (Å²) in [6, 6.07) is 12.4. The first-order valence-corrected chi connectivity index (χ1v) is 7.59. The number of halogens is 4. The largest absolute Gasteiger partial charge is 0.418 e. The molecule has 0 atom stereocenters. The van der Waals surface area contributed by atoms with Gasteiger partial charge in [-0.15, -0.1) is 0 Å². The van der Waals surface area contributed by atoms with Crippen molar-refractivity contribution in [3.05, 3.63) is 64.1 Å². The fourth-order valence-electron chi connectivity index (χ4n) is 1.73. The van der Waals surface area contributed by atoms with Crippen molar-refractivity contribution in [1.82, 2.24) is 5.43 Å². The zero-order chi connectivity index (χ0) is 16.9. The number of hydrogen-bond donors (Lipinski definition) is 2. The molecule has 23 heavy (non-hydrogen) atoms. The first-order valence-electron chi connectivity index (χ1n) is 6.39. The third-order valence-electron chi connectivity index (χ3n) is 2.76. The zero-order valence-corrected chi connectivity index (χ0v) is 14.0. The van der Waals surface area contributed by atoms with Gasteiger partial charge in [-0.1, -0.05) is 46.3 Å². The molecule has 120 valence electrons. The van der Waals surface area contributed by atoms with Gasteiger partial charge in [0, 0.05) is 10.0 Å². The van der Waals surface area contributed by atoms with Crippen molar-refractivity contribution < 1.29 is 13.2 Å². The molecule has 0 aliphatic carbocycles. The van der Waals surface area contributed by atoms with Crippen molar-refractivity contribution in [2.75, 3.05) is 5.32 Å². The molecule has 0 heterocycles. The maximum atomic E-state index is 12.9. The maximum Gasteiger partial charge on any atom is 0.418 e. The number of hydrazone groups is 1. The van der Waals surface area contributed by atoms with Crippen LogP contribution in [-0.2, 0) is 6.18 Å². The van der Waals surface area contributed by atoms with Crippen LogP contribution in [0.4, 0.5) is 18.9 Å². The highest BCUT2D eigenvalue weighted by Gasteiger charge is 2.33. The number of rotatable bonds is 3. The van der Waals surface area contributed by atoms with Gasteiger partial charge in [0.25, 0.3) is 0 Å². The number of para-hydroxylation sites is 1. The number of nitrogens with one attached hydrogen (secondary N) is 2. The van der Waals surface area contributed by atoms with Gasteiger partial charge in [-0.3, -0.25) is 5.43 Å². The van der Waals surface area contributed by atoms with Gasteiger partial charge in [-0.25, -0.2) is 0 Å². The molecular formula is C15H11BrF3N3S. The predicted molar refractivity (Wildman–Crippen MR) is 92.5 cm³/mol. The smallest absolute Gasteiger partial charge is 0.331 e. The van der Waals surface area contributed by atoms with Crippen LogP contribution < -0.4 is 10.7 Å². The fraction of sp³-hybridized carbons (Fsp3) is 0.0667. The van der Waals surface area contributed by atoms with E-state index in [0.717, 1.165) is 16.1 Å². The first-order chi connectivity index (χ1) is 10.9. The van der Waals surface area contributed by atoms with E-state index in [2.05, 4.69) is 31.8 Å². The molecule has 2 aromatic rings. The van der Waals surface area contributed by atoms with E-state index in [-0.39, 0.29) is 10.8 Å². The zero-order valence-electron chi connectivity index (χ0n) is 11.6. The Morgan fingerprint density at radius 1 is 1.09 bits per heavy atom. The molecule has 0 spiro atoms. The molecule has 8 heteroatoms. The van der Waals surface area contributed by atoms with Crippen molar-refractivity contribution in [1.29, 1.82) is 0 Å². The quantitative estimate of drug-likeness (QED) is 0.441. The summed E-state index contributed by atoms with van der Waals surface area (Å²) < 4.78 is 39.5. The molecule has 0 aliphatic heterocycles. The number of hydrogen-bond acceptors (Lipinski definition) is 2. The van der Waals surface area contributed by atoms with E-state index in [1.807, 2.05) is 24.3 Å². The minimum absolute atomic E-state index is 0.0370. The van der Waals surface area contributed by atoms with Crippen LogP contribution in [0.3, 0.4) is 0 Å². The van der Waals surface area contributed by atoms with E-state index in [1.54, 1.807) is 0 Å². The molecule has 0 saturated carbocycles. The molecule has 0 radical (unpaired) electrons. The van der Waals surface area contributed by atoms with E-state index < -0.39 is 11.7 Å². The third kappa shape index (κ3) is 5.04. The van der Waals surface area contributed by atoms with Crippen LogP contribution in [0, 0.1) is 0 Å². The van der Waals surface area contributed by atoms with Gasteiger partial charge in [0.1, 0.15) is 0 Å². The molecule has 2 aromatic carbocycles. The Morgan fingerprint density at radius 3 is 2.43 bits per heavy atom. The monoisotopic (exact) mass is 401 g/mol. The summed E-state index contributed by atoms with van der Waals surface area (Å²) in [5, 5.41) is 6.36. The molecule has 0 unspecified atom stereocenters. The minimum Gasteiger partial charge on any atom is -0.331 e. The summed E-state index contributed by atoms with van der Waals surface area (Å²) in [6.45, 7) is 0. The molecule has 0 saturated heterocycles. The predicted octanol–water partition coefficient (Wildman–Crippen LogP) is 4.79. The molecule has 3 nitrogen and oxygen atoms in total. The lowest BCUT2D eigenvalue weighted by Crippen LogP contribution is -2.25. The number of nitrogens with zero attached hydrogens (tertiary/aromatic N) is 1. The molecule has 0 aromatic heterocycles. The van der Waals surface area contributed by atoms with Crippen molar-refractivity contribution in [2.24, 2.45) is 5.10 Å². The Morgan fingerprint density at radius 2 is 1.74 bits per heavy atom. The molecule has 2 rings (SSSR count). The van der Waals surface area contributed by atoms with Gasteiger partial charge in [0.2, 0.25) is 0 Å². The summed E-state index contributed by atoms with van der Waals surface area (Å²) in [4.78, 5) is 0. The third-order valence-corrected chi connectivity index (χ3v) is 3.67. The Balaban J connectivity index is 2.03. The average molecular weight is 402 g/mol. The van der Waals surface area contributed by atoms with Crippen LogP contribution in [-0.4, -0.2) is 11.3 Å². The molecular weight excluding hydrogens is 391 g/mol. The second kappa shape index (κ2) is 7.56. The molecule has 0 fully saturated rings. The minimum atomic E-state index is -4.46. The number of benzene rings is 2. The van der Waals surface area contributed by atoms with Crippen LogP contribution in [0.2, 0.25) is 0 Å². The summed E-state index contributed by atoms with van der Waals surface area (Å²) in [5.41, 5.74) is 2.37. The van der Waals surface area contributed by atoms with Crippen molar-refractivity contribution in [3.8, 4) is 0 Å². The van der Waals surface area contributed by atoms with Gasteiger partial charge in [0.15, 0.2) is 5.11 Å². The highest BCUT2D eigenvalue weighted by Crippen LogP contribution is 2.34. The maximum absolute atomic E-state index is 12.9. The van der Waals surface area contributed by atoms with Crippen LogP contribution in [0.1, 0.15) is 11.1 Å². The van der Waals surface area contributed by atoms with Crippen molar-refractivity contribution in [3.63, 3.8) is 0 Å². The van der Waals surface area contributed by atoms with Crippen LogP contribution in [0.5, 0.6) is 0 Å². The molecule has 0 aliphatic rings. The lowest BCUT2D eigenvalue weighted by atomic mass is 10.2. The van der Waals surface area contributed by atoms with E-state index in [0.29, 0.717) is 0 Å². The summed E-state index contributed by atoms with van der Waals surface area (Å²) >= 11 is 8.31. The first kappa shape index (κ1) is 17.4. The van der Waals surface area contributed by atoms with Crippen LogP contribution in [0.15, 0.2) is 58.1 Å². The summed E-state index contributed by atoms with van der Waals surface area (Å²) in [6.07, 6.45) is -2.95.